The minimum Gasteiger partial charge on any atom is -0.323 e. The van der Waals surface area contributed by atoms with Gasteiger partial charge in [0.25, 0.3) is 0 Å². The molecule has 4 heteroatoms. The lowest BCUT2D eigenvalue weighted by molar-refractivity contribution is 0.738. The minimum atomic E-state index is -0.0138. The van der Waals surface area contributed by atoms with Crippen LogP contribution in [0.15, 0.2) is 24.5 Å². The summed E-state index contributed by atoms with van der Waals surface area (Å²) in [4.78, 5) is 4.42. The molecule has 1 aromatic carbocycles. The zero-order valence-corrected chi connectivity index (χ0v) is 10.4. The molecule has 1 aromatic heterocycles. The summed E-state index contributed by atoms with van der Waals surface area (Å²) < 4.78 is 2.13. The Morgan fingerprint density at radius 1 is 1.41 bits per heavy atom. The summed E-state index contributed by atoms with van der Waals surface area (Å²) in [6.07, 6.45) is 3.84. The molecular formula is C13H14ClN3. The number of nitrogens with two attached hydrogens (primary N) is 1. The lowest BCUT2D eigenvalue weighted by Gasteiger charge is -2.20. The molecule has 2 heterocycles. The minimum absolute atomic E-state index is 0.0138. The second-order valence-corrected chi connectivity index (χ2v) is 4.94. The molecule has 3 nitrogen and oxygen atoms in total. The van der Waals surface area contributed by atoms with Gasteiger partial charge in [0.05, 0.1) is 17.7 Å². The van der Waals surface area contributed by atoms with Gasteiger partial charge in [0.2, 0.25) is 0 Å². The SMILES string of the molecule is CC(N)c1ncn2c1CCc1cc(Cl)ccc1-2. The lowest BCUT2D eigenvalue weighted by Crippen LogP contribution is -2.15. The number of fused-ring (bicyclic) bond motifs is 3. The van der Waals surface area contributed by atoms with Gasteiger partial charge in [-0.1, -0.05) is 11.6 Å². The third-order valence-electron chi connectivity index (χ3n) is 3.26. The van der Waals surface area contributed by atoms with Crippen molar-refractivity contribution in [1.82, 2.24) is 9.55 Å². The van der Waals surface area contributed by atoms with E-state index in [2.05, 4.69) is 9.55 Å². The van der Waals surface area contributed by atoms with Crippen molar-refractivity contribution in [2.24, 2.45) is 5.73 Å². The Labute approximate surface area is 105 Å². The Bertz CT molecular complexity index is 572. The van der Waals surface area contributed by atoms with Gasteiger partial charge in [-0.25, -0.2) is 4.98 Å². The van der Waals surface area contributed by atoms with E-state index in [0.29, 0.717) is 0 Å². The number of imidazole rings is 1. The first-order valence-electron chi connectivity index (χ1n) is 5.77. The van der Waals surface area contributed by atoms with Gasteiger partial charge in [-0.15, -0.1) is 0 Å². The molecule has 0 fully saturated rings. The standard InChI is InChI=1S/C13H14ClN3/c1-8(15)13-12-4-2-9-6-10(14)3-5-11(9)17(12)7-16-13/h3,5-8H,2,4,15H2,1H3. The second kappa shape index (κ2) is 3.86. The summed E-state index contributed by atoms with van der Waals surface area (Å²) in [6, 6.07) is 5.99. The van der Waals surface area contributed by atoms with E-state index in [9.17, 15) is 0 Å². The van der Waals surface area contributed by atoms with Gasteiger partial charge in [0, 0.05) is 16.8 Å². The number of nitrogens with zero attached hydrogens (tertiary/aromatic N) is 2. The second-order valence-electron chi connectivity index (χ2n) is 4.51. The molecule has 17 heavy (non-hydrogen) atoms. The Morgan fingerprint density at radius 3 is 3.00 bits per heavy atom. The zero-order chi connectivity index (χ0) is 12.0. The van der Waals surface area contributed by atoms with Crippen molar-refractivity contribution in [3.8, 4) is 5.69 Å². The number of rotatable bonds is 1. The van der Waals surface area contributed by atoms with Crippen molar-refractivity contribution in [3.05, 3.63) is 46.5 Å². The van der Waals surface area contributed by atoms with Crippen LogP contribution in [-0.4, -0.2) is 9.55 Å². The van der Waals surface area contributed by atoms with Crippen LogP contribution in [0, 0.1) is 0 Å². The van der Waals surface area contributed by atoms with Crippen LogP contribution in [0.25, 0.3) is 5.69 Å². The monoisotopic (exact) mass is 247 g/mol. The average molecular weight is 248 g/mol. The number of benzene rings is 1. The van der Waals surface area contributed by atoms with E-state index in [0.717, 1.165) is 23.6 Å². The van der Waals surface area contributed by atoms with Crippen molar-refractivity contribution < 1.29 is 0 Å². The molecule has 1 aliphatic rings. The van der Waals surface area contributed by atoms with E-state index in [-0.39, 0.29) is 6.04 Å². The fourth-order valence-corrected chi connectivity index (χ4v) is 2.66. The molecule has 0 aliphatic carbocycles. The maximum Gasteiger partial charge on any atom is 0.0998 e. The Balaban J connectivity index is 2.18. The van der Waals surface area contributed by atoms with Crippen LogP contribution in [0.1, 0.15) is 29.9 Å². The van der Waals surface area contributed by atoms with Gasteiger partial charge in [-0.3, -0.25) is 0 Å². The highest BCUT2D eigenvalue weighted by Gasteiger charge is 2.21. The number of hydrogen-bond acceptors (Lipinski definition) is 2. The summed E-state index contributed by atoms with van der Waals surface area (Å²) in [5.41, 5.74) is 10.6. The normalized spacial score (nSPS) is 15.2. The molecule has 3 rings (SSSR count). The molecule has 0 amide bonds. The zero-order valence-electron chi connectivity index (χ0n) is 9.65. The summed E-state index contributed by atoms with van der Waals surface area (Å²) >= 11 is 6.01. The fraction of sp³-hybridized carbons (Fsp3) is 0.308. The smallest absolute Gasteiger partial charge is 0.0998 e. The van der Waals surface area contributed by atoms with E-state index in [1.54, 1.807) is 0 Å². The first-order chi connectivity index (χ1) is 8.16. The van der Waals surface area contributed by atoms with E-state index in [4.69, 9.17) is 17.3 Å². The van der Waals surface area contributed by atoms with Crippen molar-refractivity contribution in [2.45, 2.75) is 25.8 Å². The molecule has 0 saturated carbocycles. The van der Waals surface area contributed by atoms with Crippen molar-refractivity contribution in [3.63, 3.8) is 0 Å². The highest BCUT2D eigenvalue weighted by atomic mass is 35.5. The molecule has 88 valence electrons. The largest absolute Gasteiger partial charge is 0.323 e. The fourth-order valence-electron chi connectivity index (χ4n) is 2.47. The predicted molar refractivity (Wildman–Crippen MR) is 68.6 cm³/mol. The van der Waals surface area contributed by atoms with Gasteiger partial charge in [-0.2, -0.15) is 0 Å². The van der Waals surface area contributed by atoms with E-state index in [1.165, 1.54) is 16.9 Å². The molecule has 0 spiro atoms. The molecule has 1 atom stereocenters. The van der Waals surface area contributed by atoms with Crippen LogP contribution in [0.4, 0.5) is 0 Å². The molecule has 2 N–H and O–H groups in total. The molecule has 0 saturated heterocycles. The third-order valence-corrected chi connectivity index (χ3v) is 3.50. The average Bonchev–Trinajstić information content (AvgIpc) is 2.72. The summed E-state index contributed by atoms with van der Waals surface area (Å²) in [5, 5.41) is 0.791. The molecule has 0 radical (unpaired) electrons. The molecule has 1 aliphatic heterocycles. The van der Waals surface area contributed by atoms with Crippen molar-refractivity contribution in [2.75, 3.05) is 0 Å². The third kappa shape index (κ3) is 1.66. The van der Waals surface area contributed by atoms with Gasteiger partial charge >= 0.3 is 0 Å². The van der Waals surface area contributed by atoms with E-state index >= 15 is 0 Å². The quantitative estimate of drug-likeness (QED) is 0.842. The van der Waals surface area contributed by atoms with Crippen LogP contribution in [0.5, 0.6) is 0 Å². The van der Waals surface area contributed by atoms with Crippen LogP contribution in [0.3, 0.4) is 0 Å². The van der Waals surface area contributed by atoms with Gasteiger partial charge in [-0.05, 0) is 43.5 Å². The van der Waals surface area contributed by atoms with E-state index in [1.807, 2.05) is 31.5 Å². The maximum absolute atomic E-state index is 6.01. The van der Waals surface area contributed by atoms with Crippen molar-refractivity contribution >= 4 is 11.6 Å². The summed E-state index contributed by atoms with van der Waals surface area (Å²) in [7, 11) is 0. The predicted octanol–water partition coefficient (Wildman–Crippen LogP) is 2.64. The van der Waals surface area contributed by atoms with Crippen LogP contribution < -0.4 is 5.73 Å². The Morgan fingerprint density at radius 2 is 2.24 bits per heavy atom. The summed E-state index contributed by atoms with van der Waals surface area (Å²) in [6.45, 7) is 1.97. The highest BCUT2D eigenvalue weighted by molar-refractivity contribution is 6.30. The maximum atomic E-state index is 6.01. The molecule has 1 unspecified atom stereocenters. The number of halogens is 1. The highest BCUT2D eigenvalue weighted by Crippen LogP contribution is 2.29. The van der Waals surface area contributed by atoms with Gasteiger partial charge in [0.15, 0.2) is 0 Å². The van der Waals surface area contributed by atoms with Crippen LogP contribution in [-0.2, 0) is 12.8 Å². The number of hydrogen-bond donors (Lipinski definition) is 1. The molecular weight excluding hydrogens is 234 g/mol. The Kier molecular flexibility index (Phi) is 2.45. The van der Waals surface area contributed by atoms with Gasteiger partial charge < -0.3 is 10.3 Å². The lowest BCUT2D eigenvalue weighted by atomic mass is 9.99. The molecule has 0 bridgehead atoms. The molecule has 2 aromatic rings. The van der Waals surface area contributed by atoms with Gasteiger partial charge in [0.1, 0.15) is 0 Å². The topological polar surface area (TPSA) is 43.8 Å². The van der Waals surface area contributed by atoms with E-state index < -0.39 is 0 Å². The van der Waals surface area contributed by atoms with Crippen molar-refractivity contribution in [1.29, 1.82) is 0 Å². The first kappa shape index (κ1) is 10.8. The first-order valence-corrected chi connectivity index (χ1v) is 6.15. The number of aromatic nitrogens is 2. The van der Waals surface area contributed by atoms with Crippen LogP contribution >= 0.6 is 11.6 Å². The summed E-state index contributed by atoms with van der Waals surface area (Å²) in [5.74, 6) is 0. The Hall–Kier alpha value is -1.32. The van der Waals surface area contributed by atoms with Crippen LogP contribution in [0.2, 0.25) is 5.02 Å². The number of aryl methyl sites for hydroxylation is 1.